The number of nitrogens with one attached hydrogen (secondary N) is 1. The number of carbonyl (C=O) groups is 2. The van der Waals surface area contributed by atoms with Crippen molar-refractivity contribution in [1.82, 2.24) is 15.4 Å². The van der Waals surface area contributed by atoms with E-state index in [1.165, 1.54) is 4.90 Å². The van der Waals surface area contributed by atoms with Gasteiger partial charge in [-0.2, -0.15) is 0 Å². The van der Waals surface area contributed by atoms with Crippen molar-refractivity contribution in [3.8, 4) is 17.1 Å². The van der Waals surface area contributed by atoms with E-state index >= 15 is 0 Å². The molecule has 0 atom stereocenters. The van der Waals surface area contributed by atoms with Crippen LogP contribution >= 0.6 is 0 Å². The van der Waals surface area contributed by atoms with Gasteiger partial charge >= 0.3 is 0 Å². The van der Waals surface area contributed by atoms with Crippen LogP contribution in [0.3, 0.4) is 0 Å². The Morgan fingerprint density at radius 1 is 1.41 bits per heavy atom. The Kier molecular flexibility index (Phi) is 3.78. The molecule has 0 bridgehead atoms. The van der Waals surface area contributed by atoms with Crippen molar-refractivity contribution in [2.45, 2.75) is 0 Å². The van der Waals surface area contributed by atoms with E-state index in [4.69, 9.17) is 9.26 Å². The van der Waals surface area contributed by atoms with Crippen LogP contribution in [0.1, 0.15) is 10.5 Å². The van der Waals surface area contributed by atoms with Crippen LogP contribution in [0.4, 0.5) is 0 Å². The lowest BCUT2D eigenvalue weighted by Crippen LogP contribution is -2.50. The summed E-state index contributed by atoms with van der Waals surface area (Å²) in [6.07, 6.45) is 0. The molecule has 0 radical (unpaired) electrons. The first-order valence-electron chi connectivity index (χ1n) is 6.85. The van der Waals surface area contributed by atoms with E-state index in [9.17, 15) is 9.59 Å². The van der Waals surface area contributed by atoms with Gasteiger partial charge in [0.05, 0.1) is 19.2 Å². The molecule has 0 spiro atoms. The summed E-state index contributed by atoms with van der Waals surface area (Å²) in [7, 11) is 1.56. The third kappa shape index (κ3) is 2.65. The number of piperazine rings is 1. The van der Waals surface area contributed by atoms with E-state index in [1.54, 1.807) is 19.2 Å². The van der Waals surface area contributed by atoms with Gasteiger partial charge in [0, 0.05) is 19.2 Å². The fraction of sp³-hybridized carbons (Fsp3) is 0.267. The molecule has 2 amide bonds. The van der Waals surface area contributed by atoms with Gasteiger partial charge < -0.3 is 19.5 Å². The van der Waals surface area contributed by atoms with Crippen LogP contribution in [0.25, 0.3) is 11.3 Å². The van der Waals surface area contributed by atoms with Crippen LogP contribution in [0, 0.1) is 0 Å². The Morgan fingerprint density at radius 3 is 3.00 bits per heavy atom. The topological polar surface area (TPSA) is 84.7 Å². The zero-order valence-corrected chi connectivity index (χ0v) is 12.0. The SMILES string of the molecule is COc1ccccc1-c1cc(C(=O)N2CCNC(=O)C2)no1. The highest BCUT2D eigenvalue weighted by atomic mass is 16.5. The van der Waals surface area contributed by atoms with Crippen LogP contribution in [0.15, 0.2) is 34.9 Å². The Labute approximate surface area is 126 Å². The Hall–Kier alpha value is -2.83. The summed E-state index contributed by atoms with van der Waals surface area (Å²) in [5.74, 6) is 0.588. The van der Waals surface area contributed by atoms with E-state index in [2.05, 4.69) is 10.5 Å². The third-order valence-corrected chi connectivity index (χ3v) is 3.43. The van der Waals surface area contributed by atoms with E-state index in [0.717, 1.165) is 0 Å². The van der Waals surface area contributed by atoms with E-state index in [0.29, 0.717) is 30.2 Å². The molecule has 0 saturated carbocycles. The monoisotopic (exact) mass is 301 g/mol. The molecular weight excluding hydrogens is 286 g/mol. The first-order chi connectivity index (χ1) is 10.7. The van der Waals surface area contributed by atoms with Crippen molar-refractivity contribution in [2.24, 2.45) is 0 Å². The minimum absolute atomic E-state index is 0.0374. The molecule has 3 rings (SSSR count). The number of para-hydroxylation sites is 1. The first-order valence-corrected chi connectivity index (χ1v) is 6.85. The zero-order chi connectivity index (χ0) is 15.5. The number of benzene rings is 1. The largest absolute Gasteiger partial charge is 0.496 e. The van der Waals surface area contributed by atoms with Crippen molar-refractivity contribution in [1.29, 1.82) is 0 Å². The molecule has 1 saturated heterocycles. The van der Waals surface area contributed by atoms with Crippen LogP contribution in [-0.4, -0.2) is 48.6 Å². The maximum atomic E-state index is 12.3. The van der Waals surface area contributed by atoms with Crippen LogP contribution < -0.4 is 10.1 Å². The third-order valence-electron chi connectivity index (χ3n) is 3.43. The van der Waals surface area contributed by atoms with Crippen molar-refractivity contribution >= 4 is 11.8 Å². The fourth-order valence-corrected chi connectivity index (χ4v) is 2.33. The molecule has 7 nitrogen and oxygen atoms in total. The van der Waals surface area contributed by atoms with Gasteiger partial charge in [-0.1, -0.05) is 17.3 Å². The molecule has 2 aromatic rings. The summed E-state index contributed by atoms with van der Waals surface area (Å²) >= 11 is 0. The molecule has 0 unspecified atom stereocenters. The van der Waals surface area contributed by atoms with E-state index < -0.39 is 0 Å². The van der Waals surface area contributed by atoms with Crippen LogP contribution in [-0.2, 0) is 4.79 Å². The quantitative estimate of drug-likeness (QED) is 0.911. The smallest absolute Gasteiger partial charge is 0.276 e. The number of rotatable bonds is 3. The van der Waals surface area contributed by atoms with E-state index in [-0.39, 0.29) is 24.1 Å². The van der Waals surface area contributed by atoms with Crippen molar-refractivity contribution < 1.29 is 18.8 Å². The van der Waals surface area contributed by atoms with Gasteiger partial charge in [0.15, 0.2) is 11.5 Å². The number of amides is 2. The second-order valence-electron chi connectivity index (χ2n) is 4.85. The van der Waals surface area contributed by atoms with Crippen molar-refractivity contribution in [2.75, 3.05) is 26.7 Å². The Morgan fingerprint density at radius 2 is 2.23 bits per heavy atom. The second-order valence-corrected chi connectivity index (χ2v) is 4.85. The lowest BCUT2D eigenvalue weighted by atomic mass is 10.1. The summed E-state index contributed by atoms with van der Waals surface area (Å²) in [6.45, 7) is 0.943. The summed E-state index contributed by atoms with van der Waals surface area (Å²) in [5, 5.41) is 6.49. The van der Waals surface area contributed by atoms with Crippen molar-refractivity contribution in [3.05, 3.63) is 36.0 Å². The average Bonchev–Trinajstić information content (AvgIpc) is 3.04. The molecule has 22 heavy (non-hydrogen) atoms. The van der Waals surface area contributed by atoms with Gasteiger partial charge in [-0.25, -0.2) is 0 Å². The molecule has 1 aromatic heterocycles. The number of hydrogen-bond acceptors (Lipinski definition) is 5. The normalized spacial score (nSPS) is 14.6. The highest BCUT2D eigenvalue weighted by Gasteiger charge is 2.25. The molecule has 2 heterocycles. The molecule has 1 aromatic carbocycles. The highest BCUT2D eigenvalue weighted by Crippen LogP contribution is 2.30. The molecule has 7 heteroatoms. The standard InChI is InChI=1S/C15H15N3O4/c1-21-12-5-3-2-4-10(12)13-8-11(17-22-13)15(20)18-7-6-16-14(19)9-18/h2-5,8H,6-7,9H2,1H3,(H,16,19). The predicted molar refractivity (Wildman–Crippen MR) is 77.4 cm³/mol. The summed E-state index contributed by atoms with van der Waals surface area (Å²) in [6, 6.07) is 8.87. The minimum Gasteiger partial charge on any atom is -0.496 e. The van der Waals surface area contributed by atoms with Gasteiger partial charge in [-0.3, -0.25) is 9.59 Å². The van der Waals surface area contributed by atoms with E-state index in [1.807, 2.05) is 18.2 Å². The zero-order valence-electron chi connectivity index (χ0n) is 12.0. The fourth-order valence-electron chi connectivity index (χ4n) is 2.33. The van der Waals surface area contributed by atoms with Gasteiger partial charge in [-0.15, -0.1) is 0 Å². The molecule has 1 fully saturated rings. The second kappa shape index (κ2) is 5.88. The first kappa shape index (κ1) is 14.1. The van der Waals surface area contributed by atoms with Gasteiger partial charge in [0.25, 0.3) is 5.91 Å². The molecule has 1 aliphatic rings. The molecule has 114 valence electrons. The number of aromatic nitrogens is 1. The van der Waals surface area contributed by atoms with Gasteiger partial charge in [0.2, 0.25) is 5.91 Å². The lowest BCUT2D eigenvalue weighted by Gasteiger charge is -2.25. The molecule has 1 aliphatic heterocycles. The van der Waals surface area contributed by atoms with Gasteiger partial charge in [0.1, 0.15) is 5.75 Å². The van der Waals surface area contributed by atoms with Crippen LogP contribution in [0.2, 0.25) is 0 Å². The van der Waals surface area contributed by atoms with Crippen LogP contribution in [0.5, 0.6) is 5.75 Å². The maximum Gasteiger partial charge on any atom is 0.276 e. The number of hydrogen-bond donors (Lipinski definition) is 1. The molecule has 0 aliphatic carbocycles. The number of carbonyl (C=O) groups excluding carboxylic acids is 2. The highest BCUT2D eigenvalue weighted by molar-refractivity contribution is 5.96. The summed E-state index contributed by atoms with van der Waals surface area (Å²) in [5.41, 5.74) is 0.892. The maximum absolute atomic E-state index is 12.3. The Bertz CT molecular complexity index is 710. The summed E-state index contributed by atoms with van der Waals surface area (Å²) in [4.78, 5) is 25.1. The average molecular weight is 301 g/mol. The predicted octanol–water partition coefficient (Wildman–Crippen LogP) is 0.922. The van der Waals surface area contributed by atoms with Crippen molar-refractivity contribution in [3.63, 3.8) is 0 Å². The molecule has 1 N–H and O–H groups in total. The Balaban J connectivity index is 1.84. The lowest BCUT2D eigenvalue weighted by molar-refractivity contribution is -0.123. The number of ether oxygens (including phenoxy) is 1. The number of methoxy groups -OCH3 is 1. The minimum atomic E-state index is -0.320. The summed E-state index contributed by atoms with van der Waals surface area (Å²) < 4.78 is 10.5. The molecular formula is C15H15N3O4. The number of nitrogens with zero attached hydrogens (tertiary/aromatic N) is 2. The van der Waals surface area contributed by atoms with Gasteiger partial charge in [-0.05, 0) is 12.1 Å².